The SMILES string of the molecule is C=CCC(C)(C)/C=C/C1C(C)=CCCC1(C)C. The lowest BCUT2D eigenvalue weighted by Gasteiger charge is -2.37. The Bertz CT molecular complexity index is 326. The molecule has 0 heterocycles. The van der Waals surface area contributed by atoms with Gasteiger partial charge in [-0.15, -0.1) is 6.58 Å². The Kier molecular flexibility index (Phi) is 4.41. The molecule has 0 radical (unpaired) electrons. The van der Waals surface area contributed by atoms with Gasteiger partial charge < -0.3 is 0 Å². The van der Waals surface area contributed by atoms with Gasteiger partial charge in [0.05, 0.1) is 0 Å². The summed E-state index contributed by atoms with van der Waals surface area (Å²) in [7, 11) is 0. The lowest BCUT2D eigenvalue weighted by molar-refractivity contribution is 0.254. The average molecular weight is 232 g/mol. The number of allylic oxidation sites excluding steroid dienone is 5. The van der Waals surface area contributed by atoms with Crippen LogP contribution in [-0.4, -0.2) is 0 Å². The van der Waals surface area contributed by atoms with Crippen molar-refractivity contribution in [1.29, 1.82) is 0 Å². The van der Waals surface area contributed by atoms with E-state index < -0.39 is 0 Å². The van der Waals surface area contributed by atoms with Crippen molar-refractivity contribution in [3.8, 4) is 0 Å². The molecule has 17 heavy (non-hydrogen) atoms. The molecule has 1 atom stereocenters. The van der Waals surface area contributed by atoms with Gasteiger partial charge in [0.1, 0.15) is 0 Å². The van der Waals surface area contributed by atoms with Gasteiger partial charge in [0.15, 0.2) is 0 Å². The highest BCUT2D eigenvalue weighted by molar-refractivity contribution is 5.19. The van der Waals surface area contributed by atoms with Crippen molar-refractivity contribution in [2.45, 2.75) is 53.9 Å². The molecule has 0 N–H and O–H groups in total. The fraction of sp³-hybridized carbons (Fsp3) is 0.647. The minimum Gasteiger partial charge on any atom is -0.103 e. The Morgan fingerprint density at radius 1 is 1.47 bits per heavy atom. The number of hydrogen-bond acceptors (Lipinski definition) is 0. The summed E-state index contributed by atoms with van der Waals surface area (Å²) in [6.45, 7) is 15.4. The number of hydrogen-bond donors (Lipinski definition) is 0. The summed E-state index contributed by atoms with van der Waals surface area (Å²) in [5.41, 5.74) is 2.17. The van der Waals surface area contributed by atoms with Crippen LogP contribution < -0.4 is 0 Å². The van der Waals surface area contributed by atoms with Crippen molar-refractivity contribution in [2.75, 3.05) is 0 Å². The Hall–Kier alpha value is -0.780. The molecule has 0 aromatic heterocycles. The van der Waals surface area contributed by atoms with E-state index in [1.54, 1.807) is 0 Å². The van der Waals surface area contributed by atoms with E-state index >= 15 is 0 Å². The molecule has 0 saturated heterocycles. The molecule has 0 fully saturated rings. The molecule has 0 amide bonds. The average Bonchev–Trinajstić information content (AvgIpc) is 2.15. The minimum atomic E-state index is 0.232. The standard InChI is InChI=1S/C17H28/c1-7-11-16(3,4)13-10-15-14(2)9-8-12-17(15,5)6/h7,9-10,13,15H,1,8,11-12H2,2-6H3/b13-10+. The van der Waals surface area contributed by atoms with Crippen molar-refractivity contribution < 1.29 is 0 Å². The molecule has 1 rings (SSSR count). The highest BCUT2D eigenvalue weighted by atomic mass is 14.4. The second-order valence-corrected chi connectivity index (χ2v) is 6.79. The molecule has 0 nitrogen and oxygen atoms in total. The van der Waals surface area contributed by atoms with Crippen LogP contribution in [-0.2, 0) is 0 Å². The molecule has 1 aliphatic rings. The van der Waals surface area contributed by atoms with E-state index in [4.69, 9.17) is 0 Å². The van der Waals surface area contributed by atoms with Gasteiger partial charge >= 0.3 is 0 Å². The molecule has 0 aromatic rings. The van der Waals surface area contributed by atoms with Gasteiger partial charge in [-0.05, 0) is 37.0 Å². The summed E-state index contributed by atoms with van der Waals surface area (Å²) in [6, 6.07) is 0. The van der Waals surface area contributed by atoms with Crippen LogP contribution in [0.25, 0.3) is 0 Å². The smallest absolute Gasteiger partial charge is 0.00255 e. The van der Waals surface area contributed by atoms with E-state index in [1.807, 2.05) is 6.08 Å². The topological polar surface area (TPSA) is 0 Å². The zero-order valence-electron chi connectivity index (χ0n) is 12.2. The molecule has 0 saturated carbocycles. The van der Waals surface area contributed by atoms with Crippen molar-refractivity contribution in [3.63, 3.8) is 0 Å². The Labute approximate surface area is 108 Å². The van der Waals surface area contributed by atoms with Gasteiger partial charge in [-0.2, -0.15) is 0 Å². The molecule has 96 valence electrons. The van der Waals surface area contributed by atoms with Gasteiger partial charge in [-0.3, -0.25) is 0 Å². The largest absolute Gasteiger partial charge is 0.103 e. The van der Waals surface area contributed by atoms with Crippen molar-refractivity contribution in [1.82, 2.24) is 0 Å². The third kappa shape index (κ3) is 3.87. The van der Waals surface area contributed by atoms with Gasteiger partial charge in [0.2, 0.25) is 0 Å². The molecule has 0 heteroatoms. The maximum absolute atomic E-state index is 3.84. The molecular weight excluding hydrogens is 204 g/mol. The quantitative estimate of drug-likeness (QED) is 0.559. The maximum atomic E-state index is 3.84. The van der Waals surface area contributed by atoms with Crippen molar-refractivity contribution in [2.24, 2.45) is 16.7 Å². The van der Waals surface area contributed by atoms with E-state index in [2.05, 4.69) is 59.4 Å². The summed E-state index contributed by atoms with van der Waals surface area (Å²) in [4.78, 5) is 0. The van der Waals surface area contributed by atoms with Crippen LogP contribution in [0.15, 0.2) is 36.5 Å². The summed E-state index contributed by atoms with van der Waals surface area (Å²) in [6.07, 6.45) is 12.8. The van der Waals surface area contributed by atoms with E-state index in [-0.39, 0.29) is 5.41 Å². The van der Waals surface area contributed by atoms with Crippen LogP contribution in [0, 0.1) is 16.7 Å². The zero-order valence-corrected chi connectivity index (χ0v) is 12.2. The maximum Gasteiger partial charge on any atom is 0.00255 e. The second-order valence-electron chi connectivity index (χ2n) is 6.79. The summed E-state index contributed by atoms with van der Waals surface area (Å²) in [5, 5.41) is 0. The Morgan fingerprint density at radius 2 is 2.12 bits per heavy atom. The highest BCUT2D eigenvalue weighted by Gasteiger charge is 2.31. The van der Waals surface area contributed by atoms with Crippen molar-refractivity contribution in [3.05, 3.63) is 36.5 Å². The minimum absolute atomic E-state index is 0.232. The highest BCUT2D eigenvalue weighted by Crippen LogP contribution is 2.42. The van der Waals surface area contributed by atoms with Crippen LogP contribution in [0.4, 0.5) is 0 Å². The Morgan fingerprint density at radius 3 is 2.65 bits per heavy atom. The normalized spacial score (nSPS) is 24.8. The lowest BCUT2D eigenvalue weighted by Crippen LogP contribution is -2.26. The first-order valence-electron chi connectivity index (χ1n) is 6.75. The molecule has 0 aliphatic heterocycles. The van der Waals surface area contributed by atoms with Gasteiger partial charge in [-0.1, -0.05) is 57.6 Å². The first kappa shape index (κ1) is 14.3. The van der Waals surface area contributed by atoms with Crippen LogP contribution in [0.5, 0.6) is 0 Å². The summed E-state index contributed by atoms with van der Waals surface area (Å²) in [5.74, 6) is 0.598. The number of rotatable bonds is 4. The molecule has 0 aromatic carbocycles. The first-order valence-corrected chi connectivity index (χ1v) is 6.75. The molecule has 0 bridgehead atoms. The van der Waals surface area contributed by atoms with Crippen molar-refractivity contribution >= 4 is 0 Å². The summed E-state index contributed by atoms with van der Waals surface area (Å²) >= 11 is 0. The predicted molar refractivity (Wildman–Crippen MR) is 78.0 cm³/mol. The van der Waals surface area contributed by atoms with Crippen LogP contribution in [0.2, 0.25) is 0 Å². The van der Waals surface area contributed by atoms with E-state index in [1.165, 1.54) is 18.4 Å². The molecule has 1 aliphatic carbocycles. The molecular formula is C17H28. The Balaban J connectivity index is 2.85. The van der Waals surface area contributed by atoms with Gasteiger partial charge in [0.25, 0.3) is 0 Å². The lowest BCUT2D eigenvalue weighted by atomic mass is 9.68. The fourth-order valence-electron chi connectivity index (χ4n) is 2.78. The van der Waals surface area contributed by atoms with Gasteiger partial charge in [-0.25, -0.2) is 0 Å². The summed E-state index contributed by atoms with van der Waals surface area (Å²) < 4.78 is 0. The fourth-order valence-corrected chi connectivity index (χ4v) is 2.78. The van der Waals surface area contributed by atoms with E-state index in [0.717, 1.165) is 6.42 Å². The molecule has 0 spiro atoms. The molecule has 1 unspecified atom stereocenters. The van der Waals surface area contributed by atoms with Crippen LogP contribution >= 0.6 is 0 Å². The van der Waals surface area contributed by atoms with Crippen LogP contribution in [0.1, 0.15) is 53.9 Å². The first-order chi connectivity index (χ1) is 7.78. The van der Waals surface area contributed by atoms with E-state index in [9.17, 15) is 0 Å². The third-order valence-electron chi connectivity index (χ3n) is 4.00. The van der Waals surface area contributed by atoms with Crippen LogP contribution in [0.3, 0.4) is 0 Å². The zero-order chi connectivity index (χ0) is 13.1. The van der Waals surface area contributed by atoms with E-state index in [0.29, 0.717) is 11.3 Å². The third-order valence-corrected chi connectivity index (χ3v) is 4.00. The van der Waals surface area contributed by atoms with Gasteiger partial charge in [0, 0.05) is 5.92 Å². The predicted octanol–water partition coefficient (Wildman–Crippen LogP) is 5.53. The second kappa shape index (κ2) is 5.25. The monoisotopic (exact) mass is 232 g/mol.